The van der Waals surface area contributed by atoms with Gasteiger partial charge in [0, 0.05) is 36.7 Å². The molecule has 3 aliphatic rings. The van der Waals surface area contributed by atoms with Crippen LogP contribution < -0.4 is 26.2 Å². The van der Waals surface area contributed by atoms with Gasteiger partial charge in [-0.3, -0.25) is 14.4 Å². The third-order valence-electron chi connectivity index (χ3n) is 13.5. The number of rotatable bonds is 15. The molecule has 0 aliphatic carbocycles. The van der Waals surface area contributed by atoms with Crippen molar-refractivity contribution in [2.24, 2.45) is 11.8 Å². The molecule has 5 amide bonds. The summed E-state index contributed by atoms with van der Waals surface area (Å²) in [5.74, 6) is -1.29. The highest BCUT2D eigenvalue weighted by molar-refractivity contribution is 5.98. The number of carbonyl (C=O) groups excluding carboxylic acids is 6. The molecule has 66 heavy (non-hydrogen) atoms. The fourth-order valence-electron chi connectivity index (χ4n) is 9.68. The van der Waals surface area contributed by atoms with Crippen molar-refractivity contribution in [3.8, 4) is 0 Å². The number of nitrogens with zero attached hydrogens (tertiary/aromatic N) is 3. The van der Waals surface area contributed by atoms with Crippen molar-refractivity contribution >= 4 is 53.3 Å². The zero-order valence-electron chi connectivity index (χ0n) is 40.0. The third-order valence-corrected chi connectivity index (χ3v) is 13.5. The molecule has 6 rings (SSSR count). The van der Waals surface area contributed by atoms with Crippen LogP contribution in [0.5, 0.6) is 0 Å². The fourth-order valence-corrected chi connectivity index (χ4v) is 9.68. The molecule has 3 fully saturated rings. The van der Waals surface area contributed by atoms with Crippen LogP contribution in [0.1, 0.15) is 116 Å². The van der Waals surface area contributed by atoms with Gasteiger partial charge < -0.3 is 50.2 Å². The lowest BCUT2D eigenvalue weighted by Crippen LogP contribution is -2.59. The molecule has 3 aliphatic heterocycles. The predicted molar refractivity (Wildman–Crippen MR) is 255 cm³/mol. The van der Waals surface area contributed by atoms with Crippen molar-refractivity contribution in [1.29, 1.82) is 0 Å². The number of aldehydes is 1. The van der Waals surface area contributed by atoms with Gasteiger partial charge in [0.1, 0.15) is 30.0 Å². The normalized spacial score (nSPS) is 21.6. The molecular formula is C51H69N7O8. The molecule has 0 saturated carbocycles. The smallest absolute Gasteiger partial charge is 0.407 e. The Kier molecular flexibility index (Phi) is 15.7. The highest BCUT2D eigenvalue weighted by atomic mass is 16.5. The zero-order valence-corrected chi connectivity index (χ0v) is 40.0. The number of hydrogen-bond donors (Lipinski definition) is 4. The van der Waals surface area contributed by atoms with E-state index in [0.29, 0.717) is 44.5 Å². The van der Waals surface area contributed by atoms with E-state index in [9.17, 15) is 28.8 Å². The minimum Gasteiger partial charge on any atom is -0.453 e. The van der Waals surface area contributed by atoms with E-state index in [0.717, 1.165) is 41.6 Å². The van der Waals surface area contributed by atoms with E-state index in [4.69, 9.17) is 9.47 Å². The van der Waals surface area contributed by atoms with Gasteiger partial charge in [-0.15, -0.1) is 0 Å². The molecule has 15 heteroatoms. The van der Waals surface area contributed by atoms with Gasteiger partial charge in [-0.05, 0) is 109 Å². The Bertz CT molecular complexity index is 2190. The van der Waals surface area contributed by atoms with Crippen LogP contribution in [0.15, 0.2) is 72.8 Å². The van der Waals surface area contributed by atoms with E-state index >= 15 is 0 Å². The molecule has 4 N–H and O–H groups in total. The lowest BCUT2D eigenvalue weighted by atomic mass is 9.87. The number of hydrogen-bond acceptors (Lipinski definition) is 10. The van der Waals surface area contributed by atoms with Gasteiger partial charge >= 0.3 is 12.2 Å². The van der Waals surface area contributed by atoms with Crippen LogP contribution in [0, 0.1) is 11.8 Å². The number of ether oxygens (including phenoxy) is 2. The Morgan fingerprint density at radius 3 is 1.74 bits per heavy atom. The highest BCUT2D eigenvalue weighted by Crippen LogP contribution is 2.47. The number of carbonyl (C=O) groups is 6. The number of alkyl carbamates (subject to hydrolysis) is 2. The van der Waals surface area contributed by atoms with Gasteiger partial charge in [-0.25, -0.2) is 9.59 Å². The monoisotopic (exact) mass is 908 g/mol. The maximum absolute atomic E-state index is 13.8. The van der Waals surface area contributed by atoms with Gasteiger partial charge in [-0.1, -0.05) is 84.9 Å². The van der Waals surface area contributed by atoms with E-state index < -0.39 is 35.9 Å². The summed E-state index contributed by atoms with van der Waals surface area (Å²) >= 11 is 0. The third kappa shape index (κ3) is 10.9. The van der Waals surface area contributed by atoms with Crippen molar-refractivity contribution < 1.29 is 38.2 Å². The van der Waals surface area contributed by atoms with Gasteiger partial charge in [0.2, 0.25) is 17.7 Å². The maximum atomic E-state index is 13.8. The lowest BCUT2D eigenvalue weighted by Gasteiger charge is -2.37. The molecule has 356 valence electrons. The Hall–Kier alpha value is -6.12. The number of likely N-dealkylation sites (tertiary alicyclic amines) is 2. The summed E-state index contributed by atoms with van der Waals surface area (Å²) in [7, 11) is 2.51. The van der Waals surface area contributed by atoms with Crippen LogP contribution in [0.3, 0.4) is 0 Å². The van der Waals surface area contributed by atoms with Crippen LogP contribution >= 0.6 is 0 Å². The van der Waals surface area contributed by atoms with Crippen LogP contribution in [0.25, 0.3) is 0 Å². The molecular weight excluding hydrogens is 839 g/mol. The van der Waals surface area contributed by atoms with E-state index in [1.54, 1.807) is 9.80 Å². The summed E-state index contributed by atoms with van der Waals surface area (Å²) in [5, 5.41) is 11.8. The molecule has 0 bridgehead atoms. The first-order chi connectivity index (χ1) is 31.4. The standard InChI is InChI=1S/C51H69N7O8/c1-32(2)43(54-48(63)65-8)46(61)56-28-10-12-42(56)45(60)53-38-21-15-35(16-22-38)41-26-25-40(58(41)39-23-17-36(18-24-39)50(5,6)7)34-13-19-37(20-14-34)52-30-51(31-59)27-11-29-57(51)47(62)44(33(3)4)55-49(64)66-9/h13-24,31-33,40-44,52H,10-12,25-30H2,1-9H3,(H,53,60)(H,54,63)(H,55,64). The Morgan fingerprint density at radius 2 is 1.24 bits per heavy atom. The second kappa shape index (κ2) is 21.0. The van der Waals surface area contributed by atoms with Gasteiger partial charge in [0.05, 0.1) is 26.3 Å². The van der Waals surface area contributed by atoms with E-state index in [1.807, 2.05) is 52.0 Å². The molecule has 3 aromatic rings. The summed E-state index contributed by atoms with van der Waals surface area (Å²) in [6.07, 6.45) is 3.64. The molecule has 0 aromatic heterocycles. The van der Waals surface area contributed by atoms with Crippen molar-refractivity contribution in [1.82, 2.24) is 20.4 Å². The number of anilines is 3. The van der Waals surface area contributed by atoms with Crippen molar-refractivity contribution in [2.45, 2.75) is 128 Å². The molecule has 6 atom stereocenters. The SMILES string of the molecule is COC(=O)NC(C(=O)N1CCCC1C(=O)Nc1ccc(C2CCC(c3ccc(NCC4(C=O)CCCN4C(=O)C(NC(=O)OC)C(C)C)cc3)N2c2ccc(C(C)(C)C)cc2)cc1)C(C)C. The average molecular weight is 908 g/mol. The summed E-state index contributed by atoms with van der Waals surface area (Å²) in [4.78, 5) is 83.6. The van der Waals surface area contributed by atoms with Gasteiger partial charge in [0.25, 0.3) is 0 Å². The zero-order chi connectivity index (χ0) is 47.9. The van der Waals surface area contributed by atoms with E-state index in [-0.39, 0.29) is 53.6 Å². The fraction of sp³-hybridized carbons (Fsp3) is 0.529. The first-order valence-corrected chi connectivity index (χ1v) is 23.3. The van der Waals surface area contributed by atoms with E-state index in [2.05, 4.69) is 95.5 Å². The van der Waals surface area contributed by atoms with E-state index in [1.165, 1.54) is 19.8 Å². The first kappa shape index (κ1) is 49.3. The van der Waals surface area contributed by atoms with Gasteiger partial charge in [-0.2, -0.15) is 0 Å². The Balaban J connectivity index is 1.18. The largest absolute Gasteiger partial charge is 0.453 e. The van der Waals surface area contributed by atoms with Crippen LogP contribution in [-0.2, 0) is 34.1 Å². The molecule has 3 heterocycles. The second-order valence-corrected chi connectivity index (χ2v) is 19.6. The topological polar surface area (TPSA) is 179 Å². The van der Waals surface area contributed by atoms with Crippen LogP contribution in [0.4, 0.5) is 26.7 Å². The molecule has 6 unspecified atom stereocenters. The Morgan fingerprint density at radius 1 is 0.712 bits per heavy atom. The number of amides is 5. The maximum Gasteiger partial charge on any atom is 0.407 e. The summed E-state index contributed by atoms with van der Waals surface area (Å²) in [5.41, 5.74) is 4.97. The minimum atomic E-state index is -1.06. The molecule has 0 spiro atoms. The first-order valence-electron chi connectivity index (χ1n) is 23.3. The lowest BCUT2D eigenvalue weighted by molar-refractivity contribution is -0.141. The van der Waals surface area contributed by atoms with Gasteiger partial charge in [0.15, 0.2) is 0 Å². The van der Waals surface area contributed by atoms with Crippen LogP contribution in [-0.4, -0.2) is 104 Å². The number of benzene rings is 3. The predicted octanol–water partition coefficient (Wildman–Crippen LogP) is 7.73. The number of nitrogens with one attached hydrogen (secondary N) is 4. The quantitative estimate of drug-likeness (QED) is 0.110. The summed E-state index contributed by atoms with van der Waals surface area (Å²) < 4.78 is 9.52. The second-order valence-electron chi connectivity index (χ2n) is 19.6. The van der Waals surface area contributed by atoms with Crippen molar-refractivity contribution in [3.63, 3.8) is 0 Å². The summed E-state index contributed by atoms with van der Waals surface area (Å²) in [6.45, 7) is 15.1. The molecule has 0 radical (unpaired) electrons. The Labute approximate surface area is 389 Å². The summed E-state index contributed by atoms with van der Waals surface area (Å²) in [6, 6.07) is 22.9. The number of methoxy groups -OCH3 is 2. The minimum absolute atomic E-state index is 0.00827. The van der Waals surface area contributed by atoms with Crippen molar-refractivity contribution in [2.75, 3.05) is 49.4 Å². The van der Waals surface area contributed by atoms with Crippen molar-refractivity contribution in [3.05, 3.63) is 89.5 Å². The van der Waals surface area contributed by atoms with Crippen LogP contribution in [0.2, 0.25) is 0 Å². The molecule has 15 nitrogen and oxygen atoms in total. The average Bonchev–Trinajstić information content (AvgIpc) is 4.08. The molecule has 3 aromatic carbocycles. The highest BCUT2D eigenvalue weighted by Gasteiger charge is 2.46. The molecule has 3 saturated heterocycles.